The van der Waals surface area contributed by atoms with E-state index in [0.717, 1.165) is 16.6 Å². The second-order valence-electron chi connectivity index (χ2n) is 3.77. The third kappa shape index (κ3) is 1.67. The Kier molecular flexibility index (Phi) is 2.33. The Morgan fingerprint density at radius 1 is 1.18 bits per heavy atom. The fraction of sp³-hybridized carbons (Fsp3) is 0.0769. The molecule has 4 heteroatoms. The molecule has 0 atom stereocenters. The number of hydrogen-bond acceptors (Lipinski definition) is 2. The topological polar surface area (TPSA) is 41.6 Å². The number of nitrogens with one attached hydrogen (secondary N) is 1. The highest BCUT2D eigenvalue weighted by Crippen LogP contribution is 2.23. The van der Waals surface area contributed by atoms with Crippen LogP contribution >= 0.6 is 0 Å². The average Bonchev–Trinajstić information content (AvgIpc) is 2.82. The predicted molar refractivity (Wildman–Crippen MR) is 64.1 cm³/mol. The highest BCUT2D eigenvalue weighted by atomic mass is 19.1. The minimum Gasteiger partial charge on any atom is -0.337 e. The molecule has 0 radical (unpaired) electrons. The normalized spacial score (nSPS) is 10.9. The quantitative estimate of drug-likeness (QED) is 0.730. The van der Waals surface area contributed by atoms with Crippen LogP contribution in [0.25, 0.3) is 22.4 Å². The Balaban J connectivity index is 2.20. The summed E-state index contributed by atoms with van der Waals surface area (Å²) in [6.07, 6.45) is 3.40. The van der Waals surface area contributed by atoms with E-state index < -0.39 is 6.67 Å². The molecule has 0 amide bonds. The van der Waals surface area contributed by atoms with E-state index in [1.165, 1.54) is 0 Å². The number of benzene rings is 1. The fourth-order valence-corrected chi connectivity index (χ4v) is 1.85. The minimum atomic E-state index is -0.495. The molecule has 3 aromatic rings. The summed E-state index contributed by atoms with van der Waals surface area (Å²) in [5.74, 6) is 0.682. The Hall–Kier alpha value is -2.23. The van der Waals surface area contributed by atoms with Gasteiger partial charge in [0.15, 0.2) is 0 Å². The molecule has 2 heterocycles. The predicted octanol–water partition coefficient (Wildman–Crippen LogP) is 3.09. The average molecular weight is 227 g/mol. The van der Waals surface area contributed by atoms with Gasteiger partial charge < -0.3 is 4.98 Å². The van der Waals surface area contributed by atoms with Gasteiger partial charge >= 0.3 is 0 Å². The van der Waals surface area contributed by atoms with Gasteiger partial charge in [-0.15, -0.1) is 0 Å². The first-order chi connectivity index (χ1) is 8.38. The molecule has 0 unspecified atom stereocenters. The van der Waals surface area contributed by atoms with Crippen LogP contribution < -0.4 is 0 Å². The van der Waals surface area contributed by atoms with Crippen LogP contribution in [0.1, 0.15) is 5.56 Å². The first-order valence-corrected chi connectivity index (χ1v) is 5.32. The highest BCUT2D eigenvalue weighted by Gasteiger charge is 2.08. The Morgan fingerprint density at radius 3 is 2.88 bits per heavy atom. The van der Waals surface area contributed by atoms with Crippen LogP contribution in [0, 0.1) is 0 Å². The van der Waals surface area contributed by atoms with E-state index in [0.29, 0.717) is 11.4 Å². The van der Waals surface area contributed by atoms with Gasteiger partial charge in [0.25, 0.3) is 0 Å². The number of aromatic amines is 1. The van der Waals surface area contributed by atoms with Crippen LogP contribution in [0.15, 0.2) is 42.7 Å². The number of halogens is 1. The first-order valence-electron chi connectivity index (χ1n) is 5.32. The smallest absolute Gasteiger partial charge is 0.138 e. The van der Waals surface area contributed by atoms with Crippen molar-refractivity contribution in [3.63, 3.8) is 0 Å². The SMILES string of the molecule is FCc1ccccc1-c1nc2ccncc2[nH]1. The maximum Gasteiger partial charge on any atom is 0.138 e. The Bertz CT molecular complexity index is 627. The van der Waals surface area contributed by atoms with Gasteiger partial charge in [0.1, 0.15) is 12.5 Å². The van der Waals surface area contributed by atoms with E-state index in [1.54, 1.807) is 18.5 Å². The number of alkyl halides is 1. The standard InChI is InChI=1S/C13H10FN3/c14-7-9-3-1-2-4-10(9)13-16-11-5-6-15-8-12(11)17-13/h1-6,8H,7H2,(H,16,17). The minimum absolute atomic E-state index is 0.495. The molecule has 1 aromatic carbocycles. The summed E-state index contributed by atoms with van der Waals surface area (Å²) in [6.45, 7) is -0.495. The number of rotatable bonds is 2. The molecule has 84 valence electrons. The first kappa shape index (κ1) is 9.96. The third-order valence-electron chi connectivity index (χ3n) is 2.70. The lowest BCUT2D eigenvalue weighted by Gasteiger charge is -2.01. The van der Waals surface area contributed by atoms with Gasteiger partial charge in [-0.25, -0.2) is 9.37 Å². The van der Waals surface area contributed by atoms with Crippen molar-refractivity contribution in [3.8, 4) is 11.4 Å². The summed E-state index contributed by atoms with van der Waals surface area (Å²) in [5, 5.41) is 0. The molecule has 1 N–H and O–H groups in total. The van der Waals surface area contributed by atoms with Gasteiger partial charge in [0.05, 0.1) is 17.2 Å². The van der Waals surface area contributed by atoms with Crippen LogP contribution in [0.3, 0.4) is 0 Å². The van der Waals surface area contributed by atoms with E-state index in [-0.39, 0.29) is 0 Å². The molecule has 3 rings (SSSR count). The highest BCUT2D eigenvalue weighted by molar-refractivity contribution is 5.78. The second-order valence-corrected chi connectivity index (χ2v) is 3.77. The number of aromatic nitrogens is 3. The van der Waals surface area contributed by atoms with Gasteiger partial charge in [-0.05, 0) is 11.6 Å². The van der Waals surface area contributed by atoms with Crippen molar-refractivity contribution in [1.29, 1.82) is 0 Å². The molecule has 0 aliphatic heterocycles. The molecular formula is C13H10FN3. The number of H-pyrrole nitrogens is 1. The second kappa shape index (κ2) is 3.97. The summed E-state index contributed by atoms with van der Waals surface area (Å²) in [6, 6.07) is 9.15. The molecule has 2 aromatic heterocycles. The summed E-state index contributed by atoms with van der Waals surface area (Å²) >= 11 is 0. The van der Waals surface area contributed by atoms with Gasteiger partial charge in [0, 0.05) is 11.8 Å². The van der Waals surface area contributed by atoms with Crippen LogP contribution in [-0.2, 0) is 6.67 Å². The Labute approximate surface area is 97.3 Å². The molecule has 3 nitrogen and oxygen atoms in total. The molecule has 0 aliphatic carbocycles. The molecule has 0 fully saturated rings. The molecule has 0 saturated heterocycles. The molecule has 0 aliphatic rings. The molecule has 0 bridgehead atoms. The number of fused-ring (bicyclic) bond motifs is 1. The van der Waals surface area contributed by atoms with Gasteiger partial charge in [-0.1, -0.05) is 24.3 Å². The summed E-state index contributed by atoms with van der Waals surface area (Å²) in [7, 11) is 0. The third-order valence-corrected chi connectivity index (χ3v) is 2.70. The van der Waals surface area contributed by atoms with Crippen LogP contribution in [-0.4, -0.2) is 15.0 Å². The van der Waals surface area contributed by atoms with E-state index in [2.05, 4.69) is 15.0 Å². The molecule has 17 heavy (non-hydrogen) atoms. The summed E-state index contributed by atoms with van der Waals surface area (Å²) in [4.78, 5) is 11.6. The zero-order chi connectivity index (χ0) is 11.7. The number of imidazole rings is 1. The largest absolute Gasteiger partial charge is 0.337 e. The van der Waals surface area contributed by atoms with Crippen molar-refractivity contribution in [2.75, 3.05) is 0 Å². The van der Waals surface area contributed by atoms with Crippen LogP contribution in [0.4, 0.5) is 4.39 Å². The number of nitrogens with zero attached hydrogens (tertiary/aromatic N) is 2. The lowest BCUT2D eigenvalue weighted by Crippen LogP contribution is -1.87. The van der Waals surface area contributed by atoms with Crippen molar-refractivity contribution in [2.24, 2.45) is 0 Å². The van der Waals surface area contributed by atoms with Crippen molar-refractivity contribution in [2.45, 2.75) is 6.67 Å². The number of hydrogen-bond donors (Lipinski definition) is 1. The van der Waals surface area contributed by atoms with Crippen molar-refractivity contribution in [1.82, 2.24) is 15.0 Å². The van der Waals surface area contributed by atoms with Gasteiger partial charge in [-0.2, -0.15) is 0 Å². The van der Waals surface area contributed by atoms with Gasteiger partial charge in [-0.3, -0.25) is 4.98 Å². The van der Waals surface area contributed by atoms with Crippen molar-refractivity contribution in [3.05, 3.63) is 48.3 Å². The zero-order valence-corrected chi connectivity index (χ0v) is 9.02. The lowest BCUT2D eigenvalue weighted by molar-refractivity contribution is 0.486. The van der Waals surface area contributed by atoms with Crippen LogP contribution in [0.2, 0.25) is 0 Å². The van der Waals surface area contributed by atoms with E-state index in [9.17, 15) is 4.39 Å². The van der Waals surface area contributed by atoms with E-state index in [1.807, 2.05) is 24.3 Å². The fourth-order valence-electron chi connectivity index (χ4n) is 1.85. The van der Waals surface area contributed by atoms with E-state index >= 15 is 0 Å². The van der Waals surface area contributed by atoms with Crippen LogP contribution in [0.5, 0.6) is 0 Å². The maximum atomic E-state index is 12.9. The van der Waals surface area contributed by atoms with E-state index in [4.69, 9.17) is 0 Å². The summed E-state index contributed by atoms with van der Waals surface area (Å²) < 4.78 is 12.9. The number of pyridine rings is 1. The molecular weight excluding hydrogens is 217 g/mol. The Morgan fingerprint density at radius 2 is 2.06 bits per heavy atom. The van der Waals surface area contributed by atoms with Crippen molar-refractivity contribution < 1.29 is 4.39 Å². The molecule has 0 saturated carbocycles. The van der Waals surface area contributed by atoms with Gasteiger partial charge in [0.2, 0.25) is 0 Å². The lowest BCUT2D eigenvalue weighted by atomic mass is 10.1. The summed E-state index contributed by atoms with van der Waals surface area (Å²) in [5.41, 5.74) is 3.13. The zero-order valence-electron chi connectivity index (χ0n) is 9.02. The monoisotopic (exact) mass is 227 g/mol. The van der Waals surface area contributed by atoms with Crippen molar-refractivity contribution >= 4 is 11.0 Å². The maximum absolute atomic E-state index is 12.9. The molecule has 0 spiro atoms.